The Hall–Kier alpha value is -0.540. The fourth-order valence-corrected chi connectivity index (χ4v) is 2.90. The van der Waals surface area contributed by atoms with Gasteiger partial charge in [0.15, 0.2) is 0 Å². The lowest BCUT2D eigenvalue weighted by atomic mass is 10.2. The number of hydrogen-bond donors (Lipinski definition) is 1. The summed E-state index contributed by atoms with van der Waals surface area (Å²) in [4.78, 5) is 0. The molecular formula is C13H13Cl2NS. The molecular weight excluding hydrogens is 273 g/mol. The Balaban J connectivity index is 1.92. The highest BCUT2D eigenvalue weighted by Crippen LogP contribution is 2.21. The van der Waals surface area contributed by atoms with E-state index in [1.165, 1.54) is 11.1 Å². The lowest BCUT2D eigenvalue weighted by Gasteiger charge is -2.07. The Morgan fingerprint density at radius 1 is 1.12 bits per heavy atom. The maximum atomic E-state index is 6.10. The van der Waals surface area contributed by atoms with Gasteiger partial charge in [-0.25, -0.2) is 0 Å². The first-order valence-corrected chi connectivity index (χ1v) is 7.03. The molecule has 0 unspecified atom stereocenters. The Bertz CT molecular complexity index is 508. The summed E-state index contributed by atoms with van der Waals surface area (Å²) in [5, 5.41) is 9.10. The predicted molar refractivity (Wildman–Crippen MR) is 76.1 cm³/mol. The molecule has 0 radical (unpaired) electrons. The molecule has 0 aliphatic carbocycles. The highest BCUT2D eigenvalue weighted by molar-refractivity contribution is 7.08. The van der Waals surface area contributed by atoms with Crippen LogP contribution in [0, 0.1) is 6.92 Å². The molecule has 17 heavy (non-hydrogen) atoms. The van der Waals surface area contributed by atoms with E-state index in [0.717, 1.165) is 18.7 Å². The number of thiophene rings is 1. The molecule has 0 saturated carbocycles. The Morgan fingerprint density at radius 2 is 1.88 bits per heavy atom. The smallest absolute Gasteiger partial charge is 0.0465 e. The monoisotopic (exact) mass is 285 g/mol. The van der Waals surface area contributed by atoms with Gasteiger partial charge in [-0.3, -0.25) is 0 Å². The highest BCUT2D eigenvalue weighted by atomic mass is 35.5. The van der Waals surface area contributed by atoms with Crippen molar-refractivity contribution in [1.29, 1.82) is 0 Å². The molecule has 2 aromatic rings. The molecule has 0 amide bonds. The summed E-state index contributed by atoms with van der Waals surface area (Å²) in [6.45, 7) is 3.75. The third-order valence-corrected chi connectivity index (χ3v) is 4.10. The van der Waals surface area contributed by atoms with Crippen LogP contribution >= 0.6 is 34.5 Å². The second-order valence-corrected chi connectivity index (χ2v) is 5.51. The van der Waals surface area contributed by atoms with Crippen LogP contribution in [-0.4, -0.2) is 0 Å². The van der Waals surface area contributed by atoms with Crippen LogP contribution in [-0.2, 0) is 13.1 Å². The van der Waals surface area contributed by atoms with Gasteiger partial charge >= 0.3 is 0 Å². The second kappa shape index (κ2) is 5.87. The lowest BCUT2D eigenvalue weighted by molar-refractivity contribution is 0.692. The zero-order chi connectivity index (χ0) is 12.3. The van der Waals surface area contributed by atoms with Crippen LogP contribution in [0.2, 0.25) is 10.0 Å². The molecule has 0 fully saturated rings. The molecule has 0 aliphatic rings. The molecule has 0 atom stereocenters. The summed E-state index contributed by atoms with van der Waals surface area (Å²) in [5.74, 6) is 0. The Kier molecular flexibility index (Phi) is 4.46. The fraction of sp³-hybridized carbons (Fsp3) is 0.231. The third kappa shape index (κ3) is 3.46. The van der Waals surface area contributed by atoms with Crippen LogP contribution in [0.1, 0.15) is 16.7 Å². The molecule has 0 saturated heterocycles. The Morgan fingerprint density at radius 3 is 2.53 bits per heavy atom. The summed E-state index contributed by atoms with van der Waals surface area (Å²) in [5.41, 5.74) is 3.76. The Labute approximate surface area is 115 Å². The van der Waals surface area contributed by atoms with Crippen molar-refractivity contribution in [3.8, 4) is 0 Å². The van der Waals surface area contributed by atoms with Crippen molar-refractivity contribution in [2.75, 3.05) is 0 Å². The minimum absolute atomic E-state index is 0.674. The molecule has 1 N–H and O–H groups in total. The zero-order valence-electron chi connectivity index (χ0n) is 9.47. The van der Waals surface area contributed by atoms with Gasteiger partial charge in [0.2, 0.25) is 0 Å². The highest BCUT2D eigenvalue weighted by Gasteiger charge is 2.02. The van der Waals surface area contributed by atoms with E-state index in [9.17, 15) is 0 Å². The van der Waals surface area contributed by atoms with Crippen molar-refractivity contribution in [1.82, 2.24) is 5.32 Å². The normalized spacial score (nSPS) is 10.8. The van der Waals surface area contributed by atoms with Gasteiger partial charge in [-0.05, 0) is 46.5 Å². The quantitative estimate of drug-likeness (QED) is 0.862. The molecule has 1 aromatic heterocycles. The summed E-state index contributed by atoms with van der Waals surface area (Å²) in [6.07, 6.45) is 0. The molecule has 1 aromatic carbocycles. The van der Waals surface area contributed by atoms with Gasteiger partial charge in [-0.1, -0.05) is 29.3 Å². The second-order valence-electron chi connectivity index (χ2n) is 3.92. The number of halogens is 2. The zero-order valence-corrected chi connectivity index (χ0v) is 11.8. The lowest BCUT2D eigenvalue weighted by Crippen LogP contribution is -2.13. The first-order chi connectivity index (χ1) is 8.16. The van der Waals surface area contributed by atoms with E-state index in [-0.39, 0.29) is 0 Å². The van der Waals surface area contributed by atoms with Crippen molar-refractivity contribution in [2.24, 2.45) is 0 Å². The maximum Gasteiger partial charge on any atom is 0.0465 e. The van der Waals surface area contributed by atoms with Crippen LogP contribution in [0.15, 0.2) is 29.0 Å². The number of hydrogen-bond acceptors (Lipinski definition) is 2. The van der Waals surface area contributed by atoms with E-state index in [0.29, 0.717) is 10.0 Å². The van der Waals surface area contributed by atoms with Gasteiger partial charge in [0.05, 0.1) is 0 Å². The molecule has 2 rings (SSSR count). The molecule has 0 aliphatic heterocycles. The molecule has 1 heterocycles. The third-order valence-electron chi connectivity index (χ3n) is 2.61. The number of nitrogens with one attached hydrogen (secondary N) is 1. The van der Waals surface area contributed by atoms with Crippen molar-refractivity contribution < 1.29 is 0 Å². The average molecular weight is 286 g/mol. The van der Waals surface area contributed by atoms with Crippen LogP contribution in [0.5, 0.6) is 0 Å². The minimum Gasteiger partial charge on any atom is -0.309 e. The summed E-state index contributed by atoms with van der Waals surface area (Å²) in [7, 11) is 0. The maximum absolute atomic E-state index is 6.10. The van der Waals surface area contributed by atoms with Crippen molar-refractivity contribution in [3.05, 3.63) is 55.7 Å². The molecule has 0 bridgehead atoms. The van der Waals surface area contributed by atoms with Crippen LogP contribution in [0.25, 0.3) is 0 Å². The van der Waals surface area contributed by atoms with E-state index in [2.05, 4.69) is 23.0 Å². The first-order valence-electron chi connectivity index (χ1n) is 5.33. The van der Waals surface area contributed by atoms with Gasteiger partial charge in [0.25, 0.3) is 0 Å². The van der Waals surface area contributed by atoms with Crippen molar-refractivity contribution in [3.63, 3.8) is 0 Å². The number of benzene rings is 1. The number of aryl methyl sites for hydroxylation is 1. The molecule has 90 valence electrons. The van der Waals surface area contributed by atoms with E-state index >= 15 is 0 Å². The van der Waals surface area contributed by atoms with E-state index in [1.807, 2.05) is 12.1 Å². The average Bonchev–Trinajstić information content (AvgIpc) is 2.68. The van der Waals surface area contributed by atoms with Gasteiger partial charge in [-0.2, -0.15) is 11.3 Å². The predicted octanol–water partition coefficient (Wildman–Crippen LogP) is 4.65. The van der Waals surface area contributed by atoms with Crippen molar-refractivity contribution in [2.45, 2.75) is 20.0 Å². The van der Waals surface area contributed by atoms with E-state index < -0.39 is 0 Å². The molecule has 0 spiro atoms. The fourth-order valence-electron chi connectivity index (χ4n) is 1.56. The van der Waals surface area contributed by atoms with Gasteiger partial charge < -0.3 is 5.32 Å². The largest absolute Gasteiger partial charge is 0.309 e. The van der Waals surface area contributed by atoms with Gasteiger partial charge in [0, 0.05) is 23.1 Å². The van der Waals surface area contributed by atoms with Gasteiger partial charge in [0.1, 0.15) is 0 Å². The van der Waals surface area contributed by atoms with Crippen LogP contribution < -0.4 is 5.32 Å². The van der Waals surface area contributed by atoms with Crippen LogP contribution in [0.4, 0.5) is 0 Å². The molecule has 4 heteroatoms. The van der Waals surface area contributed by atoms with Gasteiger partial charge in [-0.15, -0.1) is 0 Å². The first kappa shape index (κ1) is 12.9. The summed E-state index contributed by atoms with van der Waals surface area (Å²) in [6, 6.07) is 5.59. The van der Waals surface area contributed by atoms with E-state index in [4.69, 9.17) is 23.2 Å². The summed E-state index contributed by atoms with van der Waals surface area (Å²) < 4.78 is 0. The minimum atomic E-state index is 0.674. The van der Waals surface area contributed by atoms with E-state index in [1.54, 1.807) is 17.4 Å². The molecule has 1 nitrogen and oxygen atoms in total. The SMILES string of the molecule is Cc1cscc1CNCc1ccc(Cl)cc1Cl. The number of rotatable bonds is 4. The summed E-state index contributed by atoms with van der Waals surface area (Å²) >= 11 is 13.7. The van der Waals surface area contributed by atoms with Crippen molar-refractivity contribution >= 4 is 34.5 Å². The standard InChI is InChI=1S/C13H13Cl2NS/c1-9-7-17-8-11(9)6-16-5-10-2-3-12(14)4-13(10)15/h2-4,7-8,16H,5-6H2,1H3. The van der Waals surface area contributed by atoms with Crippen LogP contribution in [0.3, 0.4) is 0 Å². The topological polar surface area (TPSA) is 12.0 Å².